The van der Waals surface area contributed by atoms with Crippen molar-refractivity contribution in [3.63, 3.8) is 0 Å². The second kappa shape index (κ2) is 4.75. The zero-order valence-corrected chi connectivity index (χ0v) is 9.98. The first-order valence-electron chi connectivity index (χ1n) is 5.87. The van der Waals surface area contributed by atoms with E-state index in [0.29, 0.717) is 11.5 Å². The van der Waals surface area contributed by atoms with Crippen LogP contribution in [0.3, 0.4) is 0 Å². The normalized spacial score (nSPS) is 22.9. The molecule has 1 aliphatic carbocycles. The number of carbonyl (C=O) groups is 1. The van der Waals surface area contributed by atoms with Gasteiger partial charge in [-0.05, 0) is 56.0 Å². The molecule has 1 fully saturated rings. The summed E-state index contributed by atoms with van der Waals surface area (Å²) in [4.78, 5) is 11.1. The highest BCUT2D eigenvalue weighted by atomic mass is 16.5. The van der Waals surface area contributed by atoms with Gasteiger partial charge in [-0.3, -0.25) is 4.79 Å². The van der Waals surface area contributed by atoms with Gasteiger partial charge in [0, 0.05) is 5.56 Å². The van der Waals surface area contributed by atoms with E-state index >= 15 is 0 Å². The summed E-state index contributed by atoms with van der Waals surface area (Å²) in [5, 5.41) is 0. The third-order valence-electron chi connectivity index (χ3n) is 3.29. The molecule has 0 aliphatic heterocycles. The lowest BCUT2D eigenvalue weighted by molar-refractivity contribution is 0.0690. The SMILES string of the molecule is Cc1cc(OC2CC(CN)C2)ccc1C(N)=O. The standard InChI is InChI=1S/C13H18N2O2/c1-8-4-10(2-3-12(8)13(15)16)17-11-5-9(6-11)7-14/h2-4,9,11H,5-7,14H2,1H3,(H2,15,16). The Balaban J connectivity index is 1.99. The van der Waals surface area contributed by atoms with Crippen molar-refractivity contribution >= 4 is 5.91 Å². The Hall–Kier alpha value is -1.55. The number of primary amides is 1. The van der Waals surface area contributed by atoms with Crippen LogP contribution in [-0.4, -0.2) is 18.6 Å². The van der Waals surface area contributed by atoms with Gasteiger partial charge in [0.25, 0.3) is 0 Å². The zero-order valence-electron chi connectivity index (χ0n) is 9.98. The molecule has 1 saturated carbocycles. The lowest BCUT2D eigenvalue weighted by Crippen LogP contribution is -2.37. The number of ether oxygens (including phenoxy) is 1. The van der Waals surface area contributed by atoms with Crippen molar-refractivity contribution in [2.24, 2.45) is 17.4 Å². The van der Waals surface area contributed by atoms with E-state index in [9.17, 15) is 4.79 Å². The number of carbonyl (C=O) groups excluding carboxylic acids is 1. The molecule has 0 atom stereocenters. The summed E-state index contributed by atoms with van der Waals surface area (Å²) in [6.07, 6.45) is 2.31. The number of hydrogen-bond acceptors (Lipinski definition) is 3. The molecule has 92 valence electrons. The summed E-state index contributed by atoms with van der Waals surface area (Å²) >= 11 is 0. The fraction of sp³-hybridized carbons (Fsp3) is 0.462. The van der Waals surface area contributed by atoms with Gasteiger partial charge in [0.2, 0.25) is 5.91 Å². The fourth-order valence-corrected chi connectivity index (χ4v) is 2.14. The maximum atomic E-state index is 11.1. The van der Waals surface area contributed by atoms with Gasteiger partial charge in [-0.25, -0.2) is 0 Å². The molecule has 1 aromatic carbocycles. The van der Waals surface area contributed by atoms with Gasteiger partial charge in [-0.1, -0.05) is 0 Å². The minimum atomic E-state index is -0.402. The van der Waals surface area contributed by atoms with E-state index in [1.165, 1.54) is 0 Å². The number of benzene rings is 1. The molecule has 4 N–H and O–H groups in total. The molecular weight excluding hydrogens is 216 g/mol. The summed E-state index contributed by atoms with van der Waals surface area (Å²) in [5.74, 6) is 1.000. The van der Waals surface area contributed by atoms with Crippen LogP contribution in [0.2, 0.25) is 0 Å². The summed E-state index contributed by atoms with van der Waals surface area (Å²) in [6, 6.07) is 5.37. The molecule has 0 aromatic heterocycles. The molecular formula is C13H18N2O2. The molecule has 1 aromatic rings. The van der Waals surface area contributed by atoms with Crippen LogP contribution in [0.4, 0.5) is 0 Å². The summed E-state index contributed by atoms with van der Waals surface area (Å²) in [7, 11) is 0. The Labute approximate surface area is 101 Å². The Morgan fingerprint density at radius 2 is 2.18 bits per heavy atom. The van der Waals surface area contributed by atoms with Crippen LogP contribution in [0.15, 0.2) is 18.2 Å². The highest BCUT2D eigenvalue weighted by molar-refractivity contribution is 5.94. The topological polar surface area (TPSA) is 78.3 Å². The van der Waals surface area contributed by atoms with E-state index in [-0.39, 0.29) is 6.10 Å². The maximum Gasteiger partial charge on any atom is 0.248 e. The Morgan fingerprint density at radius 3 is 2.71 bits per heavy atom. The highest BCUT2D eigenvalue weighted by Gasteiger charge is 2.29. The third kappa shape index (κ3) is 2.58. The number of amides is 1. The zero-order chi connectivity index (χ0) is 12.4. The summed E-state index contributed by atoms with van der Waals surface area (Å²) < 4.78 is 5.79. The molecule has 1 aliphatic rings. The molecule has 0 unspecified atom stereocenters. The lowest BCUT2D eigenvalue weighted by atomic mass is 9.82. The minimum absolute atomic E-state index is 0.266. The van der Waals surface area contributed by atoms with Crippen molar-refractivity contribution in [2.75, 3.05) is 6.54 Å². The Bertz CT molecular complexity index is 425. The second-order valence-electron chi connectivity index (χ2n) is 4.65. The molecule has 0 saturated heterocycles. The van der Waals surface area contributed by atoms with Crippen molar-refractivity contribution in [1.82, 2.24) is 0 Å². The monoisotopic (exact) mass is 234 g/mol. The van der Waals surface area contributed by atoms with Gasteiger partial charge >= 0.3 is 0 Å². The molecule has 0 bridgehead atoms. The van der Waals surface area contributed by atoms with E-state index < -0.39 is 5.91 Å². The smallest absolute Gasteiger partial charge is 0.248 e. The molecule has 0 heterocycles. The van der Waals surface area contributed by atoms with Gasteiger partial charge in [0.15, 0.2) is 0 Å². The predicted octanol–water partition coefficient (Wildman–Crippen LogP) is 1.21. The molecule has 4 nitrogen and oxygen atoms in total. The highest BCUT2D eigenvalue weighted by Crippen LogP contribution is 2.31. The van der Waals surface area contributed by atoms with Crippen LogP contribution in [0.1, 0.15) is 28.8 Å². The lowest BCUT2D eigenvalue weighted by Gasteiger charge is -2.34. The van der Waals surface area contributed by atoms with Crippen molar-refractivity contribution in [2.45, 2.75) is 25.9 Å². The molecule has 2 rings (SSSR count). The fourth-order valence-electron chi connectivity index (χ4n) is 2.14. The van der Waals surface area contributed by atoms with Crippen molar-refractivity contribution in [1.29, 1.82) is 0 Å². The summed E-state index contributed by atoms with van der Waals surface area (Å²) in [6.45, 7) is 2.59. The van der Waals surface area contributed by atoms with Crippen molar-refractivity contribution in [3.8, 4) is 5.75 Å². The number of rotatable bonds is 4. The van der Waals surface area contributed by atoms with Gasteiger partial charge in [-0.15, -0.1) is 0 Å². The van der Waals surface area contributed by atoms with E-state index in [2.05, 4.69) is 0 Å². The van der Waals surface area contributed by atoms with Crippen LogP contribution in [0, 0.1) is 12.8 Å². The van der Waals surface area contributed by atoms with Crippen LogP contribution in [-0.2, 0) is 0 Å². The van der Waals surface area contributed by atoms with Crippen LogP contribution in [0.5, 0.6) is 5.75 Å². The maximum absolute atomic E-state index is 11.1. The Morgan fingerprint density at radius 1 is 1.47 bits per heavy atom. The van der Waals surface area contributed by atoms with Crippen LogP contribution < -0.4 is 16.2 Å². The second-order valence-corrected chi connectivity index (χ2v) is 4.65. The van der Waals surface area contributed by atoms with Gasteiger partial charge in [0.1, 0.15) is 5.75 Å². The quantitative estimate of drug-likeness (QED) is 0.822. The van der Waals surface area contributed by atoms with E-state index in [0.717, 1.165) is 30.7 Å². The Kier molecular flexibility index (Phi) is 3.33. The van der Waals surface area contributed by atoms with Gasteiger partial charge in [0.05, 0.1) is 6.10 Å². The van der Waals surface area contributed by atoms with E-state index in [4.69, 9.17) is 16.2 Å². The van der Waals surface area contributed by atoms with E-state index in [1.54, 1.807) is 12.1 Å². The van der Waals surface area contributed by atoms with Crippen LogP contribution in [0.25, 0.3) is 0 Å². The average Bonchev–Trinajstić information content (AvgIpc) is 2.22. The molecule has 1 amide bonds. The molecule has 0 spiro atoms. The first-order valence-corrected chi connectivity index (χ1v) is 5.87. The minimum Gasteiger partial charge on any atom is -0.490 e. The van der Waals surface area contributed by atoms with Crippen molar-refractivity contribution in [3.05, 3.63) is 29.3 Å². The number of aryl methyl sites for hydroxylation is 1. The first-order chi connectivity index (χ1) is 8.10. The summed E-state index contributed by atoms with van der Waals surface area (Å²) in [5.41, 5.74) is 12.2. The predicted molar refractivity (Wildman–Crippen MR) is 65.9 cm³/mol. The largest absolute Gasteiger partial charge is 0.490 e. The average molecular weight is 234 g/mol. The molecule has 4 heteroatoms. The molecule has 17 heavy (non-hydrogen) atoms. The van der Waals surface area contributed by atoms with Crippen molar-refractivity contribution < 1.29 is 9.53 Å². The third-order valence-corrected chi connectivity index (χ3v) is 3.29. The van der Waals surface area contributed by atoms with E-state index in [1.807, 2.05) is 13.0 Å². The van der Waals surface area contributed by atoms with Gasteiger partial charge in [-0.2, -0.15) is 0 Å². The first kappa shape index (κ1) is 11.9. The van der Waals surface area contributed by atoms with Gasteiger partial charge < -0.3 is 16.2 Å². The number of hydrogen-bond donors (Lipinski definition) is 2. The molecule has 0 radical (unpaired) electrons. The number of nitrogens with two attached hydrogens (primary N) is 2. The van der Waals surface area contributed by atoms with Crippen LogP contribution >= 0.6 is 0 Å².